The maximum atomic E-state index is 8.99. The zero-order chi connectivity index (χ0) is 13.9. The summed E-state index contributed by atoms with van der Waals surface area (Å²) in [6.07, 6.45) is 2.84. The fourth-order valence-electron chi connectivity index (χ4n) is 2.64. The lowest BCUT2D eigenvalue weighted by molar-refractivity contribution is 0.138. The highest BCUT2D eigenvalue weighted by molar-refractivity contribution is 5.41. The minimum atomic E-state index is -0.0722. The van der Waals surface area contributed by atoms with Crippen LogP contribution in [0, 0.1) is 0 Å². The number of aliphatic hydroxyl groups is 1. The molecule has 1 aliphatic heterocycles. The quantitative estimate of drug-likeness (QED) is 0.829. The number of nitrogens with one attached hydrogen (secondary N) is 1. The molecule has 3 heteroatoms. The van der Waals surface area contributed by atoms with Gasteiger partial charge in [0.15, 0.2) is 0 Å². The van der Waals surface area contributed by atoms with Crippen LogP contribution < -0.4 is 10.1 Å². The third-order valence-electron chi connectivity index (χ3n) is 3.69. The number of fused-ring (bicyclic) bond motifs is 1. The van der Waals surface area contributed by atoms with Crippen molar-refractivity contribution in [2.24, 2.45) is 0 Å². The zero-order valence-electron chi connectivity index (χ0n) is 12.2. The standard InChI is InChI=1S/C16H25NO2/c1-4-14(7-8-18)17-11-12-5-6-15-13(9-12)10-16(2,3)19-15/h5-6,9,14,17-18H,4,7-8,10-11H2,1-3H3. The van der Waals surface area contributed by atoms with Crippen molar-refractivity contribution in [1.29, 1.82) is 0 Å². The van der Waals surface area contributed by atoms with Crippen molar-refractivity contribution >= 4 is 0 Å². The van der Waals surface area contributed by atoms with Crippen LogP contribution in [0.2, 0.25) is 0 Å². The molecular weight excluding hydrogens is 238 g/mol. The molecule has 0 radical (unpaired) electrons. The van der Waals surface area contributed by atoms with Crippen molar-refractivity contribution in [2.75, 3.05) is 6.61 Å². The largest absolute Gasteiger partial charge is 0.487 e. The van der Waals surface area contributed by atoms with Crippen LogP contribution in [0.3, 0.4) is 0 Å². The SMILES string of the molecule is CCC(CCO)NCc1ccc2c(c1)CC(C)(C)O2. The van der Waals surface area contributed by atoms with Crippen molar-refractivity contribution in [3.05, 3.63) is 29.3 Å². The average Bonchev–Trinajstić information content (AvgIpc) is 2.67. The summed E-state index contributed by atoms with van der Waals surface area (Å²) in [5, 5.41) is 12.5. The molecule has 0 saturated heterocycles. The van der Waals surface area contributed by atoms with Gasteiger partial charge in [0, 0.05) is 25.6 Å². The Morgan fingerprint density at radius 2 is 2.21 bits per heavy atom. The highest BCUT2D eigenvalue weighted by atomic mass is 16.5. The van der Waals surface area contributed by atoms with E-state index in [9.17, 15) is 0 Å². The molecule has 19 heavy (non-hydrogen) atoms. The molecule has 1 aliphatic rings. The first-order valence-electron chi connectivity index (χ1n) is 7.19. The highest BCUT2D eigenvalue weighted by Crippen LogP contribution is 2.35. The van der Waals surface area contributed by atoms with E-state index in [0.29, 0.717) is 6.04 Å². The fourth-order valence-corrected chi connectivity index (χ4v) is 2.64. The first-order chi connectivity index (χ1) is 9.04. The van der Waals surface area contributed by atoms with E-state index in [0.717, 1.165) is 31.6 Å². The molecule has 2 N–H and O–H groups in total. The van der Waals surface area contributed by atoms with Crippen LogP contribution in [0.5, 0.6) is 5.75 Å². The lowest BCUT2D eigenvalue weighted by Gasteiger charge is -2.16. The summed E-state index contributed by atoms with van der Waals surface area (Å²) < 4.78 is 5.88. The number of hydrogen-bond donors (Lipinski definition) is 2. The van der Waals surface area contributed by atoms with E-state index in [1.807, 2.05) is 0 Å². The first kappa shape index (κ1) is 14.4. The maximum Gasteiger partial charge on any atom is 0.123 e. The summed E-state index contributed by atoms with van der Waals surface area (Å²) in [4.78, 5) is 0. The number of hydrogen-bond acceptors (Lipinski definition) is 3. The molecule has 1 heterocycles. The first-order valence-corrected chi connectivity index (χ1v) is 7.19. The maximum absolute atomic E-state index is 8.99. The molecule has 0 spiro atoms. The molecule has 106 valence electrons. The van der Waals surface area contributed by atoms with Crippen molar-refractivity contribution in [1.82, 2.24) is 5.32 Å². The van der Waals surface area contributed by atoms with Crippen molar-refractivity contribution < 1.29 is 9.84 Å². The van der Waals surface area contributed by atoms with Gasteiger partial charge in [0.2, 0.25) is 0 Å². The van der Waals surface area contributed by atoms with Gasteiger partial charge in [0.25, 0.3) is 0 Å². The molecule has 0 aromatic heterocycles. The van der Waals surface area contributed by atoms with Gasteiger partial charge < -0.3 is 15.2 Å². The Kier molecular flexibility index (Phi) is 4.48. The van der Waals surface area contributed by atoms with E-state index in [4.69, 9.17) is 9.84 Å². The number of aliphatic hydroxyl groups excluding tert-OH is 1. The Morgan fingerprint density at radius 1 is 1.42 bits per heavy atom. The van der Waals surface area contributed by atoms with Crippen molar-refractivity contribution in [2.45, 2.75) is 58.2 Å². The van der Waals surface area contributed by atoms with Gasteiger partial charge in [0.05, 0.1) is 0 Å². The molecule has 2 rings (SSSR count). The van der Waals surface area contributed by atoms with Gasteiger partial charge >= 0.3 is 0 Å². The summed E-state index contributed by atoms with van der Waals surface area (Å²) >= 11 is 0. The van der Waals surface area contributed by atoms with Crippen LogP contribution >= 0.6 is 0 Å². The second-order valence-corrected chi connectivity index (χ2v) is 5.98. The van der Waals surface area contributed by atoms with Gasteiger partial charge in [-0.25, -0.2) is 0 Å². The molecule has 1 atom stereocenters. The zero-order valence-corrected chi connectivity index (χ0v) is 12.2. The molecule has 1 unspecified atom stereocenters. The van der Waals surface area contributed by atoms with Gasteiger partial charge in [0.1, 0.15) is 11.4 Å². The van der Waals surface area contributed by atoms with Crippen LogP contribution in [0.25, 0.3) is 0 Å². The van der Waals surface area contributed by atoms with Gasteiger partial charge in [-0.3, -0.25) is 0 Å². The summed E-state index contributed by atoms with van der Waals surface area (Å²) in [5.41, 5.74) is 2.52. The van der Waals surface area contributed by atoms with Crippen LogP contribution in [0.4, 0.5) is 0 Å². The highest BCUT2D eigenvalue weighted by Gasteiger charge is 2.29. The molecule has 1 aromatic carbocycles. The van der Waals surface area contributed by atoms with E-state index in [2.05, 4.69) is 44.3 Å². The van der Waals surface area contributed by atoms with E-state index >= 15 is 0 Å². The lowest BCUT2D eigenvalue weighted by atomic mass is 10.00. The molecule has 0 saturated carbocycles. The van der Waals surface area contributed by atoms with E-state index in [-0.39, 0.29) is 12.2 Å². The third-order valence-corrected chi connectivity index (χ3v) is 3.69. The summed E-state index contributed by atoms with van der Waals surface area (Å²) in [6.45, 7) is 7.49. The second kappa shape index (κ2) is 5.93. The molecule has 0 amide bonds. The summed E-state index contributed by atoms with van der Waals surface area (Å²) in [5.74, 6) is 1.02. The monoisotopic (exact) mass is 263 g/mol. The summed E-state index contributed by atoms with van der Waals surface area (Å²) in [6, 6.07) is 6.83. The van der Waals surface area contributed by atoms with Crippen LogP contribution in [0.1, 0.15) is 44.7 Å². The van der Waals surface area contributed by atoms with Crippen LogP contribution in [0.15, 0.2) is 18.2 Å². The third kappa shape index (κ3) is 3.71. The minimum Gasteiger partial charge on any atom is -0.487 e. The average molecular weight is 263 g/mol. The normalized spacial score (nSPS) is 17.9. The molecule has 0 bridgehead atoms. The van der Waals surface area contributed by atoms with Gasteiger partial charge in [-0.1, -0.05) is 19.1 Å². The molecular formula is C16H25NO2. The molecule has 0 fully saturated rings. The number of rotatable bonds is 6. The molecule has 1 aromatic rings. The topological polar surface area (TPSA) is 41.5 Å². The van der Waals surface area contributed by atoms with Gasteiger partial charge in [-0.2, -0.15) is 0 Å². The predicted octanol–water partition coefficient (Wildman–Crippen LogP) is 2.65. The van der Waals surface area contributed by atoms with E-state index in [1.165, 1.54) is 11.1 Å². The fraction of sp³-hybridized carbons (Fsp3) is 0.625. The Balaban J connectivity index is 1.96. The molecule has 3 nitrogen and oxygen atoms in total. The number of ether oxygens (including phenoxy) is 1. The van der Waals surface area contributed by atoms with Crippen molar-refractivity contribution in [3.8, 4) is 5.75 Å². The van der Waals surface area contributed by atoms with E-state index in [1.54, 1.807) is 0 Å². The lowest BCUT2D eigenvalue weighted by Crippen LogP contribution is -2.28. The Morgan fingerprint density at radius 3 is 2.89 bits per heavy atom. The Labute approximate surface area is 116 Å². The van der Waals surface area contributed by atoms with Crippen LogP contribution in [-0.2, 0) is 13.0 Å². The number of benzene rings is 1. The minimum absolute atomic E-state index is 0.0722. The Hall–Kier alpha value is -1.06. The predicted molar refractivity (Wildman–Crippen MR) is 77.5 cm³/mol. The van der Waals surface area contributed by atoms with Gasteiger partial charge in [-0.05, 0) is 43.9 Å². The van der Waals surface area contributed by atoms with Crippen molar-refractivity contribution in [3.63, 3.8) is 0 Å². The van der Waals surface area contributed by atoms with E-state index < -0.39 is 0 Å². The second-order valence-electron chi connectivity index (χ2n) is 5.98. The Bertz CT molecular complexity index is 429. The summed E-state index contributed by atoms with van der Waals surface area (Å²) in [7, 11) is 0. The molecule has 0 aliphatic carbocycles. The van der Waals surface area contributed by atoms with Gasteiger partial charge in [-0.15, -0.1) is 0 Å². The smallest absolute Gasteiger partial charge is 0.123 e. The van der Waals surface area contributed by atoms with Crippen LogP contribution in [-0.4, -0.2) is 23.4 Å².